The van der Waals surface area contributed by atoms with Crippen LogP contribution in [0, 0.1) is 11.3 Å². The highest BCUT2D eigenvalue weighted by Gasteiger charge is 2.21. The molecule has 146 valence electrons. The Kier molecular flexibility index (Phi) is 5.59. The molecule has 1 N–H and O–H groups in total. The molecule has 1 aliphatic rings. The fourth-order valence-electron chi connectivity index (χ4n) is 3.60. The Morgan fingerprint density at radius 1 is 1.10 bits per heavy atom. The van der Waals surface area contributed by atoms with Gasteiger partial charge in [0.2, 0.25) is 0 Å². The number of carboxylic acids is 1. The number of nitrogens with zero attached hydrogens (tertiary/aromatic N) is 2. The van der Waals surface area contributed by atoms with Crippen LogP contribution in [0.15, 0.2) is 48.5 Å². The smallest absolute Gasteiger partial charge is 0.348 e. The van der Waals surface area contributed by atoms with E-state index in [4.69, 9.17) is 4.74 Å². The SMILES string of the molecule is N#Cc1cc(-c2nc(-c3ccccc3)c(C(=O)O)s2)ccc1OC1CCCCC1. The summed E-state index contributed by atoms with van der Waals surface area (Å²) in [7, 11) is 0. The van der Waals surface area contributed by atoms with Crippen molar-refractivity contribution in [3.8, 4) is 33.6 Å². The van der Waals surface area contributed by atoms with Gasteiger partial charge < -0.3 is 9.84 Å². The minimum absolute atomic E-state index is 0.157. The van der Waals surface area contributed by atoms with Crippen molar-refractivity contribution in [2.24, 2.45) is 0 Å². The Morgan fingerprint density at radius 3 is 2.55 bits per heavy atom. The lowest BCUT2D eigenvalue weighted by molar-refractivity contribution is 0.0702. The number of thiazole rings is 1. The van der Waals surface area contributed by atoms with Gasteiger partial charge in [0.05, 0.1) is 17.4 Å². The van der Waals surface area contributed by atoms with Gasteiger partial charge >= 0.3 is 5.97 Å². The zero-order chi connectivity index (χ0) is 20.2. The molecule has 1 saturated carbocycles. The zero-order valence-corrected chi connectivity index (χ0v) is 16.6. The monoisotopic (exact) mass is 404 g/mol. The zero-order valence-electron chi connectivity index (χ0n) is 15.8. The molecule has 0 atom stereocenters. The highest BCUT2D eigenvalue weighted by molar-refractivity contribution is 7.17. The topological polar surface area (TPSA) is 83.2 Å². The lowest BCUT2D eigenvalue weighted by Gasteiger charge is -2.23. The third-order valence-electron chi connectivity index (χ3n) is 5.06. The van der Waals surface area contributed by atoms with Gasteiger partial charge in [-0.15, -0.1) is 11.3 Å². The molecule has 1 heterocycles. The van der Waals surface area contributed by atoms with Crippen molar-refractivity contribution in [1.29, 1.82) is 5.26 Å². The van der Waals surface area contributed by atoms with Crippen molar-refractivity contribution in [1.82, 2.24) is 4.98 Å². The highest BCUT2D eigenvalue weighted by Crippen LogP contribution is 2.36. The number of nitriles is 1. The molecule has 4 rings (SSSR count). The molecule has 1 aromatic heterocycles. The van der Waals surface area contributed by atoms with E-state index in [1.165, 1.54) is 6.42 Å². The van der Waals surface area contributed by atoms with E-state index in [1.54, 1.807) is 12.1 Å². The van der Waals surface area contributed by atoms with Gasteiger partial charge in [-0.2, -0.15) is 5.26 Å². The van der Waals surface area contributed by atoms with Crippen LogP contribution in [0.5, 0.6) is 5.75 Å². The maximum atomic E-state index is 11.7. The maximum Gasteiger partial charge on any atom is 0.348 e. The van der Waals surface area contributed by atoms with Crippen molar-refractivity contribution < 1.29 is 14.6 Å². The quantitative estimate of drug-likeness (QED) is 0.585. The largest absolute Gasteiger partial charge is 0.489 e. The fraction of sp³-hybridized carbons (Fsp3) is 0.261. The number of hydrogen-bond donors (Lipinski definition) is 1. The molecule has 1 fully saturated rings. The molecule has 1 aliphatic carbocycles. The molecule has 0 saturated heterocycles. The molecule has 6 heteroatoms. The summed E-state index contributed by atoms with van der Waals surface area (Å²) in [6.45, 7) is 0. The summed E-state index contributed by atoms with van der Waals surface area (Å²) in [5.41, 5.74) is 2.36. The van der Waals surface area contributed by atoms with E-state index in [1.807, 2.05) is 36.4 Å². The standard InChI is InChI=1S/C23H20N2O3S/c24-14-17-13-16(11-12-19(17)28-18-9-5-2-6-10-18)22-25-20(21(29-22)23(26)27)15-7-3-1-4-8-15/h1,3-4,7-8,11-13,18H,2,5-6,9-10H2,(H,26,27). The van der Waals surface area contributed by atoms with Gasteiger partial charge in [0.25, 0.3) is 0 Å². The molecule has 0 bridgehead atoms. The van der Waals surface area contributed by atoms with Crippen molar-refractivity contribution in [3.63, 3.8) is 0 Å². The Labute approximate surface area is 173 Å². The Morgan fingerprint density at radius 2 is 1.86 bits per heavy atom. The lowest BCUT2D eigenvalue weighted by Crippen LogP contribution is -2.20. The number of rotatable bonds is 5. The Balaban J connectivity index is 1.68. The van der Waals surface area contributed by atoms with Crippen LogP contribution in [0.4, 0.5) is 0 Å². The second kappa shape index (κ2) is 8.46. The molecule has 29 heavy (non-hydrogen) atoms. The fourth-order valence-corrected chi connectivity index (χ4v) is 4.52. The van der Waals surface area contributed by atoms with Crippen LogP contribution >= 0.6 is 11.3 Å². The minimum Gasteiger partial charge on any atom is -0.489 e. The van der Waals surface area contributed by atoms with Gasteiger partial charge in [-0.25, -0.2) is 9.78 Å². The molecule has 2 aromatic carbocycles. The summed E-state index contributed by atoms with van der Waals surface area (Å²) in [4.78, 5) is 16.5. The summed E-state index contributed by atoms with van der Waals surface area (Å²) in [5.74, 6) is -0.424. The Hall–Kier alpha value is -3.17. The average molecular weight is 404 g/mol. The van der Waals surface area contributed by atoms with E-state index in [2.05, 4.69) is 11.1 Å². The van der Waals surface area contributed by atoms with Crippen LogP contribution in [0.3, 0.4) is 0 Å². The van der Waals surface area contributed by atoms with Gasteiger partial charge in [-0.3, -0.25) is 0 Å². The molecule has 0 radical (unpaired) electrons. The van der Waals surface area contributed by atoms with E-state index < -0.39 is 5.97 Å². The van der Waals surface area contributed by atoms with E-state index in [-0.39, 0.29) is 11.0 Å². The predicted octanol–water partition coefficient (Wildman–Crippen LogP) is 5.76. The summed E-state index contributed by atoms with van der Waals surface area (Å²) < 4.78 is 6.07. The second-order valence-electron chi connectivity index (χ2n) is 7.07. The Bertz CT molecular complexity index is 1060. The van der Waals surface area contributed by atoms with E-state index in [9.17, 15) is 15.2 Å². The van der Waals surface area contributed by atoms with Gasteiger partial charge in [-0.05, 0) is 43.9 Å². The normalized spacial score (nSPS) is 14.3. The molecule has 0 unspecified atom stereocenters. The van der Waals surface area contributed by atoms with E-state index in [0.717, 1.165) is 42.6 Å². The summed E-state index contributed by atoms with van der Waals surface area (Å²) in [6, 6.07) is 16.8. The van der Waals surface area contributed by atoms with Crippen molar-refractivity contribution in [2.75, 3.05) is 0 Å². The first kappa shape index (κ1) is 19.2. The number of carbonyl (C=O) groups is 1. The number of aromatic nitrogens is 1. The van der Waals surface area contributed by atoms with Crippen LogP contribution in [-0.2, 0) is 0 Å². The van der Waals surface area contributed by atoms with Crippen LogP contribution in [0.25, 0.3) is 21.8 Å². The molecular weight excluding hydrogens is 384 g/mol. The van der Waals surface area contributed by atoms with Crippen LogP contribution in [0.1, 0.15) is 47.3 Å². The highest BCUT2D eigenvalue weighted by atomic mass is 32.1. The molecule has 0 spiro atoms. The number of ether oxygens (including phenoxy) is 1. The number of hydrogen-bond acceptors (Lipinski definition) is 5. The van der Waals surface area contributed by atoms with Gasteiger partial charge in [0, 0.05) is 11.1 Å². The van der Waals surface area contributed by atoms with Crippen LogP contribution < -0.4 is 4.74 Å². The third-order valence-corrected chi connectivity index (χ3v) is 6.15. The predicted molar refractivity (Wildman–Crippen MR) is 112 cm³/mol. The van der Waals surface area contributed by atoms with Gasteiger partial charge in [0.1, 0.15) is 21.7 Å². The average Bonchev–Trinajstić information content (AvgIpc) is 3.21. The lowest BCUT2D eigenvalue weighted by atomic mass is 9.97. The first-order chi connectivity index (χ1) is 14.2. The van der Waals surface area contributed by atoms with Crippen LogP contribution in [0.2, 0.25) is 0 Å². The summed E-state index contributed by atoms with van der Waals surface area (Å²) >= 11 is 1.12. The van der Waals surface area contributed by atoms with E-state index in [0.29, 0.717) is 27.6 Å². The third kappa shape index (κ3) is 4.15. The number of carboxylic acid groups (broad SMARTS) is 1. The molecule has 0 amide bonds. The van der Waals surface area contributed by atoms with Crippen molar-refractivity contribution >= 4 is 17.3 Å². The minimum atomic E-state index is -1.01. The van der Waals surface area contributed by atoms with Crippen molar-refractivity contribution in [2.45, 2.75) is 38.2 Å². The maximum absolute atomic E-state index is 11.7. The molecular formula is C23H20N2O3S. The molecule has 5 nitrogen and oxygen atoms in total. The molecule has 3 aromatic rings. The first-order valence-corrected chi connectivity index (χ1v) is 10.5. The number of benzene rings is 2. The summed E-state index contributed by atoms with van der Waals surface area (Å²) in [6.07, 6.45) is 5.74. The second-order valence-corrected chi connectivity index (χ2v) is 8.07. The van der Waals surface area contributed by atoms with Crippen molar-refractivity contribution in [3.05, 3.63) is 59.0 Å². The first-order valence-electron chi connectivity index (χ1n) is 9.66. The van der Waals surface area contributed by atoms with Gasteiger partial charge in [-0.1, -0.05) is 36.8 Å². The number of aromatic carboxylic acids is 1. The van der Waals surface area contributed by atoms with E-state index >= 15 is 0 Å². The molecule has 0 aliphatic heterocycles. The van der Waals surface area contributed by atoms with Gasteiger partial charge in [0.15, 0.2) is 0 Å². The van der Waals surface area contributed by atoms with Crippen LogP contribution in [-0.4, -0.2) is 22.2 Å². The summed E-state index contributed by atoms with van der Waals surface area (Å²) in [5, 5.41) is 19.8.